The van der Waals surface area contributed by atoms with Crippen LogP contribution in [0.1, 0.15) is 35.2 Å². The second-order valence-electron chi connectivity index (χ2n) is 5.40. The van der Waals surface area contributed by atoms with Gasteiger partial charge in [0.15, 0.2) is 0 Å². The van der Waals surface area contributed by atoms with E-state index < -0.39 is 0 Å². The summed E-state index contributed by atoms with van der Waals surface area (Å²) in [5.74, 6) is 1.55. The fourth-order valence-electron chi connectivity index (χ4n) is 2.20. The minimum absolute atomic E-state index is 0.0781. The number of nitrogens with two attached hydrogens (primary N) is 1. The first-order valence-corrected chi connectivity index (χ1v) is 7.13. The Morgan fingerprint density at radius 1 is 1.05 bits per heavy atom. The molecule has 0 radical (unpaired) electrons. The first-order chi connectivity index (χ1) is 10.0. The highest BCUT2D eigenvalue weighted by Gasteiger charge is 2.10. The van der Waals surface area contributed by atoms with Gasteiger partial charge in [0, 0.05) is 17.7 Å². The summed E-state index contributed by atoms with van der Waals surface area (Å²) < 4.78 is 11.2. The second-order valence-corrected chi connectivity index (χ2v) is 5.40. The van der Waals surface area contributed by atoms with Gasteiger partial charge in [-0.15, -0.1) is 0 Å². The molecule has 0 saturated carbocycles. The van der Waals surface area contributed by atoms with Crippen molar-refractivity contribution in [3.63, 3.8) is 0 Å². The molecule has 0 amide bonds. The van der Waals surface area contributed by atoms with Crippen molar-refractivity contribution in [2.45, 2.75) is 33.4 Å². The topological polar surface area (TPSA) is 44.5 Å². The number of methoxy groups -OCH3 is 1. The minimum Gasteiger partial charge on any atom is -0.497 e. The van der Waals surface area contributed by atoms with Gasteiger partial charge in [0.1, 0.15) is 18.1 Å². The zero-order chi connectivity index (χ0) is 15.4. The van der Waals surface area contributed by atoms with E-state index in [4.69, 9.17) is 15.2 Å². The SMILES string of the molecule is COc1ccc([C@@H](C)N)c(OCc2ccc(C)c(C)c2)c1. The summed E-state index contributed by atoms with van der Waals surface area (Å²) in [7, 11) is 1.65. The number of hydrogen-bond donors (Lipinski definition) is 1. The van der Waals surface area contributed by atoms with Crippen LogP contribution in [0.25, 0.3) is 0 Å². The van der Waals surface area contributed by atoms with Gasteiger partial charge < -0.3 is 15.2 Å². The maximum Gasteiger partial charge on any atom is 0.128 e. The molecule has 0 aromatic heterocycles. The van der Waals surface area contributed by atoms with Gasteiger partial charge in [-0.05, 0) is 43.5 Å². The van der Waals surface area contributed by atoms with Crippen LogP contribution in [-0.2, 0) is 6.61 Å². The molecular weight excluding hydrogens is 262 g/mol. The summed E-state index contributed by atoms with van der Waals surface area (Å²) >= 11 is 0. The quantitative estimate of drug-likeness (QED) is 0.905. The van der Waals surface area contributed by atoms with Crippen LogP contribution in [-0.4, -0.2) is 7.11 Å². The number of rotatable bonds is 5. The van der Waals surface area contributed by atoms with Crippen LogP contribution in [0.5, 0.6) is 11.5 Å². The molecule has 0 spiro atoms. The maximum atomic E-state index is 6.00. The van der Waals surface area contributed by atoms with Gasteiger partial charge in [0.25, 0.3) is 0 Å². The third-order valence-corrected chi connectivity index (χ3v) is 3.68. The van der Waals surface area contributed by atoms with Crippen molar-refractivity contribution in [1.82, 2.24) is 0 Å². The number of aryl methyl sites for hydroxylation is 2. The molecule has 0 bridgehead atoms. The van der Waals surface area contributed by atoms with Crippen LogP contribution in [0.15, 0.2) is 36.4 Å². The molecule has 0 saturated heterocycles. The van der Waals surface area contributed by atoms with Gasteiger partial charge in [-0.1, -0.05) is 24.3 Å². The largest absolute Gasteiger partial charge is 0.497 e. The van der Waals surface area contributed by atoms with Gasteiger partial charge >= 0.3 is 0 Å². The highest BCUT2D eigenvalue weighted by Crippen LogP contribution is 2.29. The Morgan fingerprint density at radius 3 is 2.43 bits per heavy atom. The van der Waals surface area contributed by atoms with Crippen molar-refractivity contribution in [3.8, 4) is 11.5 Å². The van der Waals surface area contributed by atoms with Crippen molar-refractivity contribution < 1.29 is 9.47 Å². The monoisotopic (exact) mass is 285 g/mol. The fraction of sp³-hybridized carbons (Fsp3) is 0.333. The molecule has 1 atom stereocenters. The van der Waals surface area contributed by atoms with Gasteiger partial charge in [-0.2, -0.15) is 0 Å². The normalized spacial score (nSPS) is 12.0. The van der Waals surface area contributed by atoms with Crippen molar-refractivity contribution in [2.75, 3.05) is 7.11 Å². The molecule has 0 fully saturated rings. The number of hydrogen-bond acceptors (Lipinski definition) is 3. The summed E-state index contributed by atoms with van der Waals surface area (Å²) in [5, 5.41) is 0. The van der Waals surface area contributed by atoms with E-state index >= 15 is 0 Å². The third-order valence-electron chi connectivity index (χ3n) is 3.68. The Hall–Kier alpha value is -2.00. The zero-order valence-corrected chi connectivity index (χ0v) is 13.1. The van der Waals surface area contributed by atoms with Crippen LogP contribution in [0.2, 0.25) is 0 Å². The Morgan fingerprint density at radius 2 is 1.81 bits per heavy atom. The van der Waals surface area contributed by atoms with Crippen LogP contribution >= 0.6 is 0 Å². The van der Waals surface area contributed by atoms with Gasteiger partial charge in [0.2, 0.25) is 0 Å². The first kappa shape index (κ1) is 15.4. The summed E-state index contributed by atoms with van der Waals surface area (Å²) in [6.07, 6.45) is 0. The lowest BCUT2D eigenvalue weighted by atomic mass is 10.1. The molecular formula is C18H23NO2. The molecule has 21 heavy (non-hydrogen) atoms. The second kappa shape index (κ2) is 6.64. The molecule has 0 unspecified atom stereocenters. The molecule has 3 heteroatoms. The predicted molar refractivity (Wildman–Crippen MR) is 85.8 cm³/mol. The van der Waals surface area contributed by atoms with E-state index in [9.17, 15) is 0 Å². The van der Waals surface area contributed by atoms with Gasteiger partial charge in [-0.3, -0.25) is 0 Å². The molecule has 0 aliphatic heterocycles. The molecule has 2 aromatic rings. The average Bonchev–Trinajstić information content (AvgIpc) is 2.48. The van der Waals surface area contributed by atoms with Gasteiger partial charge in [0.05, 0.1) is 7.11 Å². The highest BCUT2D eigenvalue weighted by molar-refractivity contribution is 5.42. The van der Waals surface area contributed by atoms with Crippen LogP contribution in [0.3, 0.4) is 0 Å². The predicted octanol–water partition coefficient (Wildman–Crippen LogP) is 3.91. The smallest absolute Gasteiger partial charge is 0.128 e. The molecule has 0 aliphatic rings. The van der Waals surface area contributed by atoms with Crippen LogP contribution in [0, 0.1) is 13.8 Å². The Labute approximate surface area is 126 Å². The summed E-state index contributed by atoms with van der Waals surface area (Å²) in [4.78, 5) is 0. The molecule has 2 rings (SSSR count). The molecule has 0 aliphatic carbocycles. The lowest BCUT2D eigenvalue weighted by molar-refractivity contribution is 0.299. The fourth-order valence-corrected chi connectivity index (χ4v) is 2.20. The third kappa shape index (κ3) is 3.76. The van der Waals surface area contributed by atoms with E-state index in [0.29, 0.717) is 6.61 Å². The Balaban J connectivity index is 2.19. The first-order valence-electron chi connectivity index (χ1n) is 7.13. The van der Waals surface area contributed by atoms with Crippen LogP contribution in [0.4, 0.5) is 0 Å². The summed E-state index contributed by atoms with van der Waals surface area (Å²) in [5.41, 5.74) is 10.7. The zero-order valence-electron chi connectivity index (χ0n) is 13.1. The summed E-state index contributed by atoms with van der Waals surface area (Å²) in [6, 6.07) is 12.0. The van der Waals surface area contributed by atoms with E-state index in [1.54, 1.807) is 7.11 Å². The van der Waals surface area contributed by atoms with E-state index in [0.717, 1.165) is 22.6 Å². The van der Waals surface area contributed by atoms with Crippen molar-refractivity contribution in [3.05, 3.63) is 58.7 Å². The van der Waals surface area contributed by atoms with E-state index in [-0.39, 0.29) is 6.04 Å². The lowest BCUT2D eigenvalue weighted by Gasteiger charge is -2.15. The number of ether oxygens (including phenoxy) is 2. The standard InChI is InChI=1S/C18H23NO2/c1-12-5-6-15(9-13(12)2)11-21-18-10-16(20-4)7-8-17(18)14(3)19/h5-10,14H,11,19H2,1-4H3/t14-/m1/s1. The van der Waals surface area contributed by atoms with Crippen molar-refractivity contribution in [2.24, 2.45) is 5.73 Å². The van der Waals surface area contributed by atoms with E-state index in [1.165, 1.54) is 11.1 Å². The van der Waals surface area contributed by atoms with Crippen molar-refractivity contribution >= 4 is 0 Å². The average molecular weight is 285 g/mol. The summed E-state index contributed by atoms with van der Waals surface area (Å²) in [6.45, 7) is 6.69. The van der Waals surface area contributed by atoms with Crippen molar-refractivity contribution in [1.29, 1.82) is 0 Å². The molecule has 112 valence electrons. The molecule has 2 N–H and O–H groups in total. The lowest BCUT2D eigenvalue weighted by Crippen LogP contribution is -2.08. The van der Waals surface area contributed by atoms with Gasteiger partial charge in [-0.25, -0.2) is 0 Å². The van der Waals surface area contributed by atoms with Crippen LogP contribution < -0.4 is 15.2 Å². The highest BCUT2D eigenvalue weighted by atomic mass is 16.5. The molecule has 0 heterocycles. The Kier molecular flexibility index (Phi) is 4.86. The number of benzene rings is 2. The molecule has 3 nitrogen and oxygen atoms in total. The molecule has 2 aromatic carbocycles. The Bertz CT molecular complexity index is 621. The van der Waals surface area contributed by atoms with E-state index in [1.807, 2.05) is 25.1 Å². The van der Waals surface area contributed by atoms with E-state index in [2.05, 4.69) is 32.0 Å². The maximum absolute atomic E-state index is 6.00. The minimum atomic E-state index is -0.0781.